The van der Waals surface area contributed by atoms with Crippen LogP contribution in [0.2, 0.25) is 0 Å². The van der Waals surface area contributed by atoms with Gasteiger partial charge in [-0.3, -0.25) is 4.79 Å². The van der Waals surface area contributed by atoms with Crippen LogP contribution < -0.4 is 11.1 Å². The molecule has 1 atom stereocenters. The zero-order chi connectivity index (χ0) is 12.7. The first-order valence-electron chi connectivity index (χ1n) is 5.60. The average Bonchev–Trinajstić information content (AvgIpc) is 2.35. The van der Waals surface area contributed by atoms with Crippen LogP contribution in [0.5, 0.6) is 0 Å². The van der Waals surface area contributed by atoms with Crippen LogP contribution in [0.1, 0.15) is 18.9 Å². The highest BCUT2D eigenvalue weighted by atomic mass is 19.1. The van der Waals surface area contributed by atoms with Gasteiger partial charge in [0.25, 0.3) is 0 Å². The van der Waals surface area contributed by atoms with Crippen LogP contribution in [-0.2, 0) is 4.79 Å². The molecule has 0 heterocycles. The summed E-state index contributed by atoms with van der Waals surface area (Å²) >= 11 is 0. The van der Waals surface area contributed by atoms with Crippen LogP contribution in [0.4, 0.5) is 4.39 Å². The molecule has 0 saturated heterocycles. The number of halogens is 1. The van der Waals surface area contributed by atoms with Gasteiger partial charge >= 0.3 is 0 Å². The monoisotopic (exact) mass is 236 g/mol. The topological polar surface area (TPSA) is 55.1 Å². The van der Waals surface area contributed by atoms with Crippen LogP contribution in [-0.4, -0.2) is 18.5 Å². The number of hydrogen-bond donors (Lipinski definition) is 2. The number of nitrogens with two attached hydrogens (primary N) is 1. The number of carbonyl (C=O) groups is 1. The largest absolute Gasteiger partial charge is 0.349 e. The number of benzene rings is 1. The van der Waals surface area contributed by atoms with Crippen molar-refractivity contribution in [2.24, 2.45) is 5.73 Å². The Morgan fingerprint density at radius 1 is 1.47 bits per heavy atom. The third-order valence-electron chi connectivity index (χ3n) is 2.42. The molecule has 0 aliphatic heterocycles. The van der Waals surface area contributed by atoms with Crippen LogP contribution in [0.25, 0.3) is 6.08 Å². The van der Waals surface area contributed by atoms with Gasteiger partial charge in [0.05, 0.1) is 0 Å². The van der Waals surface area contributed by atoms with E-state index in [9.17, 15) is 9.18 Å². The Morgan fingerprint density at radius 2 is 2.12 bits per heavy atom. The van der Waals surface area contributed by atoms with Crippen molar-refractivity contribution in [3.05, 3.63) is 41.7 Å². The normalized spacial score (nSPS) is 12.6. The van der Waals surface area contributed by atoms with Gasteiger partial charge in [-0.2, -0.15) is 0 Å². The van der Waals surface area contributed by atoms with E-state index in [-0.39, 0.29) is 17.8 Å². The highest BCUT2D eigenvalue weighted by Gasteiger charge is 2.04. The molecule has 0 aliphatic rings. The van der Waals surface area contributed by atoms with E-state index in [4.69, 9.17) is 5.73 Å². The van der Waals surface area contributed by atoms with Gasteiger partial charge in [0.15, 0.2) is 0 Å². The Hall–Kier alpha value is -1.68. The van der Waals surface area contributed by atoms with Crippen molar-refractivity contribution < 1.29 is 9.18 Å². The van der Waals surface area contributed by atoms with E-state index >= 15 is 0 Å². The maximum absolute atomic E-state index is 12.6. The summed E-state index contributed by atoms with van der Waals surface area (Å²) in [6.07, 6.45) is 3.86. The summed E-state index contributed by atoms with van der Waals surface area (Å²) in [6.45, 7) is 2.38. The second-order valence-corrected chi connectivity index (χ2v) is 3.73. The van der Waals surface area contributed by atoms with Crippen LogP contribution in [0.15, 0.2) is 30.3 Å². The molecule has 0 aromatic heterocycles. The van der Waals surface area contributed by atoms with Crippen LogP contribution >= 0.6 is 0 Å². The van der Waals surface area contributed by atoms with Gasteiger partial charge in [0, 0.05) is 18.7 Å². The maximum Gasteiger partial charge on any atom is 0.244 e. The second kappa shape index (κ2) is 6.81. The van der Waals surface area contributed by atoms with Crippen molar-refractivity contribution in [3.8, 4) is 0 Å². The Labute approximate surface area is 101 Å². The minimum Gasteiger partial charge on any atom is -0.349 e. The van der Waals surface area contributed by atoms with Crippen molar-refractivity contribution in [1.29, 1.82) is 0 Å². The predicted octanol–water partition coefficient (Wildman–Crippen LogP) is 1.69. The van der Waals surface area contributed by atoms with Gasteiger partial charge < -0.3 is 11.1 Å². The molecule has 1 aromatic carbocycles. The van der Waals surface area contributed by atoms with E-state index < -0.39 is 0 Å². The molecular weight excluding hydrogens is 219 g/mol. The lowest BCUT2D eigenvalue weighted by molar-refractivity contribution is -0.117. The van der Waals surface area contributed by atoms with E-state index in [1.165, 1.54) is 18.2 Å². The van der Waals surface area contributed by atoms with Gasteiger partial charge in [-0.05, 0) is 30.2 Å². The molecule has 1 rings (SSSR count). The van der Waals surface area contributed by atoms with Gasteiger partial charge in [-0.1, -0.05) is 19.1 Å². The molecule has 4 heteroatoms. The van der Waals surface area contributed by atoms with Crippen LogP contribution in [0.3, 0.4) is 0 Å². The maximum atomic E-state index is 12.6. The van der Waals surface area contributed by atoms with Crippen molar-refractivity contribution in [3.63, 3.8) is 0 Å². The molecule has 0 fully saturated rings. The summed E-state index contributed by atoms with van der Waals surface area (Å²) in [5.74, 6) is -0.479. The fourth-order valence-electron chi connectivity index (χ4n) is 1.32. The van der Waals surface area contributed by atoms with E-state index in [2.05, 4.69) is 5.32 Å². The van der Waals surface area contributed by atoms with E-state index in [1.807, 2.05) is 6.92 Å². The minimum atomic E-state index is -0.291. The lowest BCUT2D eigenvalue weighted by atomic mass is 10.2. The molecule has 17 heavy (non-hydrogen) atoms. The zero-order valence-electron chi connectivity index (χ0n) is 9.82. The minimum absolute atomic E-state index is 0.000341. The quantitative estimate of drug-likeness (QED) is 0.764. The third-order valence-corrected chi connectivity index (χ3v) is 2.42. The Balaban J connectivity index is 2.53. The highest BCUT2D eigenvalue weighted by molar-refractivity contribution is 5.91. The van der Waals surface area contributed by atoms with Crippen LogP contribution in [0, 0.1) is 5.82 Å². The molecule has 1 aromatic rings. The number of nitrogens with one attached hydrogen (secondary N) is 1. The number of amides is 1. The van der Waals surface area contributed by atoms with Gasteiger partial charge in [0.2, 0.25) is 5.91 Å². The van der Waals surface area contributed by atoms with Crippen molar-refractivity contribution in [2.75, 3.05) is 6.54 Å². The molecule has 92 valence electrons. The first-order valence-corrected chi connectivity index (χ1v) is 5.60. The molecule has 3 N–H and O–H groups in total. The predicted molar refractivity (Wildman–Crippen MR) is 66.7 cm³/mol. The molecule has 0 saturated carbocycles. The summed E-state index contributed by atoms with van der Waals surface area (Å²) in [7, 11) is 0. The fraction of sp³-hybridized carbons (Fsp3) is 0.308. The van der Waals surface area contributed by atoms with Crippen molar-refractivity contribution in [1.82, 2.24) is 5.32 Å². The summed E-state index contributed by atoms with van der Waals surface area (Å²) in [4.78, 5) is 11.5. The molecule has 1 amide bonds. The lowest BCUT2D eigenvalue weighted by Crippen LogP contribution is -2.38. The number of rotatable bonds is 5. The van der Waals surface area contributed by atoms with Crippen molar-refractivity contribution in [2.45, 2.75) is 19.4 Å². The third kappa shape index (κ3) is 4.78. The first kappa shape index (κ1) is 13.4. The molecule has 0 bridgehead atoms. The number of hydrogen-bond acceptors (Lipinski definition) is 2. The SMILES string of the molecule is CCC(CN)NC(=O)/C=C/c1ccc(F)cc1. The highest BCUT2D eigenvalue weighted by Crippen LogP contribution is 2.04. The van der Waals surface area contributed by atoms with Gasteiger partial charge in [-0.25, -0.2) is 4.39 Å². The summed E-state index contributed by atoms with van der Waals surface area (Å²) < 4.78 is 12.6. The molecule has 1 unspecified atom stereocenters. The summed E-state index contributed by atoms with van der Waals surface area (Å²) in [5.41, 5.74) is 6.25. The van der Waals surface area contributed by atoms with E-state index in [0.29, 0.717) is 6.54 Å². The smallest absolute Gasteiger partial charge is 0.244 e. The van der Waals surface area contributed by atoms with Gasteiger partial charge in [0.1, 0.15) is 5.82 Å². The summed E-state index contributed by atoms with van der Waals surface area (Å²) in [5, 5.41) is 2.77. The molecule has 0 radical (unpaired) electrons. The Bertz CT molecular complexity index is 383. The molecule has 0 aliphatic carbocycles. The fourth-order valence-corrected chi connectivity index (χ4v) is 1.32. The Kier molecular flexibility index (Phi) is 5.36. The Morgan fingerprint density at radius 3 is 2.65 bits per heavy atom. The second-order valence-electron chi connectivity index (χ2n) is 3.73. The standard InChI is InChI=1S/C13H17FN2O/c1-2-12(9-15)16-13(17)8-5-10-3-6-11(14)7-4-10/h3-8,12H,2,9,15H2,1H3,(H,16,17)/b8-5+. The molecule has 3 nitrogen and oxygen atoms in total. The molecular formula is C13H17FN2O. The van der Waals surface area contributed by atoms with Gasteiger partial charge in [-0.15, -0.1) is 0 Å². The number of carbonyl (C=O) groups excluding carboxylic acids is 1. The average molecular weight is 236 g/mol. The molecule has 0 spiro atoms. The van der Waals surface area contributed by atoms with E-state index in [0.717, 1.165) is 12.0 Å². The summed E-state index contributed by atoms with van der Waals surface area (Å²) in [6, 6.07) is 5.93. The van der Waals surface area contributed by atoms with E-state index in [1.54, 1.807) is 18.2 Å². The first-order chi connectivity index (χ1) is 8.15. The lowest BCUT2D eigenvalue weighted by Gasteiger charge is -2.12. The van der Waals surface area contributed by atoms with Crippen molar-refractivity contribution >= 4 is 12.0 Å². The zero-order valence-corrected chi connectivity index (χ0v) is 9.82.